The van der Waals surface area contributed by atoms with Crippen molar-refractivity contribution in [1.82, 2.24) is 0 Å². The predicted octanol–water partition coefficient (Wildman–Crippen LogP) is 21.5. The van der Waals surface area contributed by atoms with Crippen molar-refractivity contribution in [3.05, 3.63) is 30.3 Å². The van der Waals surface area contributed by atoms with Crippen LogP contribution in [0.4, 0.5) is 0 Å². The monoisotopic (exact) mass is 851 g/mol. The summed E-state index contributed by atoms with van der Waals surface area (Å²) in [7, 11) is 0. The second-order valence-corrected chi connectivity index (χ2v) is 19.9. The summed E-state index contributed by atoms with van der Waals surface area (Å²) in [5, 5.41) is 0. The number of hydrogen-bond acceptors (Lipinski definition) is 2. The van der Waals surface area contributed by atoms with E-state index in [1.165, 1.54) is 308 Å². The van der Waals surface area contributed by atoms with E-state index in [2.05, 4.69) is 6.92 Å². The van der Waals surface area contributed by atoms with Gasteiger partial charge in [-0.2, -0.15) is 0 Å². The third-order valence-electron chi connectivity index (χ3n) is 13.7. The molecular weight excluding hydrogens is 741 g/mol. The van der Waals surface area contributed by atoms with Gasteiger partial charge in [0.2, 0.25) is 0 Å². The van der Waals surface area contributed by atoms with E-state index in [0.717, 1.165) is 12.8 Å². The number of ether oxygens (including phenoxy) is 1. The quantitative estimate of drug-likeness (QED) is 0.0371. The average molecular weight is 852 g/mol. The molecular formula is C59H110O2. The molecule has 0 aromatic heterocycles. The molecule has 0 N–H and O–H groups in total. The smallest absolute Gasteiger partial charge is 0.311 e. The van der Waals surface area contributed by atoms with Gasteiger partial charge in [-0.1, -0.05) is 340 Å². The van der Waals surface area contributed by atoms with Gasteiger partial charge in [0, 0.05) is 6.42 Å². The van der Waals surface area contributed by atoms with Crippen LogP contribution in [0.25, 0.3) is 0 Å². The van der Waals surface area contributed by atoms with Crippen LogP contribution >= 0.6 is 0 Å². The molecule has 0 atom stereocenters. The number of esters is 1. The summed E-state index contributed by atoms with van der Waals surface area (Å²) in [6, 6.07) is 9.41. The molecule has 0 fully saturated rings. The maximum absolute atomic E-state index is 11.9. The summed E-state index contributed by atoms with van der Waals surface area (Å²) in [5.41, 5.74) is 0. The maximum atomic E-state index is 11.9. The van der Waals surface area contributed by atoms with Gasteiger partial charge in [0.1, 0.15) is 5.75 Å². The molecule has 2 nitrogen and oxygen atoms in total. The molecule has 0 aliphatic carbocycles. The lowest BCUT2D eigenvalue weighted by Gasteiger charge is -2.05. The standard InChI is InChI=1S/C59H110O2/c1-2-3-4-5-6-7-8-9-10-11-12-13-14-15-16-17-18-19-20-21-22-23-24-25-26-27-28-29-30-31-32-33-34-35-36-37-38-39-40-41-42-43-44-45-46-47-48-49-50-54-57-59(60)61-58-55-52-51-53-56-58/h51-53,55-56H,2-50,54,57H2,1H3. The van der Waals surface area contributed by atoms with Crippen LogP contribution in [-0.4, -0.2) is 5.97 Å². The van der Waals surface area contributed by atoms with E-state index in [4.69, 9.17) is 4.74 Å². The van der Waals surface area contributed by atoms with E-state index in [-0.39, 0.29) is 5.97 Å². The highest BCUT2D eigenvalue weighted by atomic mass is 16.5. The van der Waals surface area contributed by atoms with Crippen molar-refractivity contribution in [3.63, 3.8) is 0 Å². The Kier molecular flexibility index (Phi) is 48.6. The minimum Gasteiger partial charge on any atom is -0.427 e. The van der Waals surface area contributed by atoms with Crippen LogP contribution in [0.2, 0.25) is 0 Å². The zero-order valence-electron chi connectivity index (χ0n) is 41.8. The molecule has 1 rings (SSSR count). The Morgan fingerprint density at radius 2 is 0.459 bits per heavy atom. The summed E-state index contributed by atoms with van der Waals surface area (Å²) < 4.78 is 5.36. The molecule has 1 aromatic carbocycles. The van der Waals surface area contributed by atoms with Crippen molar-refractivity contribution in [3.8, 4) is 5.75 Å². The fraction of sp³-hybridized carbons (Fsp3) is 0.881. The topological polar surface area (TPSA) is 26.3 Å². The van der Waals surface area contributed by atoms with Gasteiger partial charge >= 0.3 is 5.97 Å². The van der Waals surface area contributed by atoms with E-state index in [1.807, 2.05) is 30.3 Å². The molecule has 0 aliphatic heterocycles. The van der Waals surface area contributed by atoms with E-state index in [9.17, 15) is 4.79 Å². The van der Waals surface area contributed by atoms with Crippen molar-refractivity contribution < 1.29 is 9.53 Å². The van der Waals surface area contributed by atoms with Crippen LogP contribution in [0.1, 0.15) is 334 Å². The van der Waals surface area contributed by atoms with Gasteiger partial charge < -0.3 is 4.74 Å². The number of rotatable bonds is 52. The van der Waals surface area contributed by atoms with E-state index in [1.54, 1.807) is 0 Å². The zero-order chi connectivity index (χ0) is 43.5. The third-order valence-corrected chi connectivity index (χ3v) is 13.7. The first-order valence-electron chi connectivity index (χ1n) is 28.6. The van der Waals surface area contributed by atoms with Gasteiger partial charge in [0.15, 0.2) is 0 Å². The van der Waals surface area contributed by atoms with E-state index in [0.29, 0.717) is 12.2 Å². The maximum Gasteiger partial charge on any atom is 0.311 e. The second kappa shape index (κ2) is 51.3. The molecule has 0 spiro atoms. The van der Waals surface area contributed by atoms with Crippen molar-refractivity contribution in [2.45, 2.75) is 334 Å². The minimum absolute atomic E-state index is 0.0984. The lowest BCUT2D eigenvalue weighted by atomic mass is 10.0. The molecule has 2 heteroatoms. The number of unbranched alkanes of at least 4 members (excludes halogenated alkanes) is 49. The molecule has 0 bridgehead atoms. The highest BCUT2D eigenvalue weighted by molar-refractivity contribution is 5.72. The molecule has 0 saturated heterocycles. The molecule has 0 aliphatic rings. The highest BCUT2D eigenvalue weighted by Gasteiger charge is 2.04. The number of hydrogen-bond donors (Lipinski definition) is 0. The van der Waals surface area contributed by atoms with Crippen molar-refractivity contribution >= 4 is 5.97 Å². The fourth-order valence-electron chi connectivity index (χ4n) is 9.50. The van der Waals surface area contributed by atoms with E-state index >= 15 is 0 Å². The Morgan fingerprint density at radius 1 is 0.279 bits per heavy atom. The van der Waals surface area contributed by atoms with Crippen LogP contribution in [0.5, 0.6) is 5.75 Å². The number of carbonyl (C=O) groups is 1. The summed E-state index contributed by atoms with van der Waals surface area (Å²) in [5.74, 6) is 0.559. The van der Waals surface area contributed by atoms with Crippen LogP contribution in [0, 0.1) is 0 Å². The van der Waals surface area contributed by atoms with Gasteiger partial charge in [-0.05, 0) is 18.6 Å². The van der Waals surface area contributed by atoms with Crippen molar-refractivity contribution in [2.24, 2.45) is 0 Å². The Balaban J connectivity index is 1.61. The SMILES string of the molecule is CCCCCCCCCCCCCCCCCCCCCCCCCCCCCCCCCCCCCCCCCCCCCCCCCCCCC(=O)Oc1ccccc1. The highest BCUT2D eigenvalue weighted by Crippen LogP contribution is 2.19. The lowest BCUT2D eigenvalue weighted by molar-refractivity contribution is -0.134. The van der Waals surface area contributed by atoms with Crippen LogP contribution in [0.15, 0.2) is 30.3 Å². The molecule has 358 valence electrons. The Bertz CT molecular complexity index is 941. The number of carbonyl (C=O) groups excluding carboxylic acids is 1. The number of benzene rings is 1. The molecule has 0 radical (unpaired) electrons. The summed E-state index contributed by atoms with van der Waals surface area (Å²) in [4.78, 5) is 11.9. The van der Waals surface area contributed by atoms with Crippen molar-refractivity contribution in [2.75, 3.05) is 0 Å². The van der Waals surface area contributed by atoms with Gasteiger partial charge in [-0.3, -0.25) is 4.79 Å². The van der Waals surface area contributed by atoms with Crippen LogP contribution in [-0.2, 0) is 4.79 Å². The van der Waals surface area contributed by atoms with Gasteiger partial charge in [-0.25, -0.2) is 0 Å². The Labute approximate surface area is 384 Å². The van der Waals surface area contributed by atoms with Gasteiger partial charge in [0.05, 0.1) is 0 Å². The summed E-state index contributed by atoms with van der Waals surface area (Å²) in [6.45, 7) is 2.31. The fourth-order valence-corrected chi connectivity index (χ4v) is 9.50. The molecule has 0 unspecified atom stereocenters. The van der Waals surface area contributed by atoms with E-state index < -0.39 is 0 Å². The molecule has 61 heavy (non-hydrogen) atoms. The van der Waals surface area contributed by atoms with Gasteiger partial charge in [-0.15, -0.1) is 0 Å². The molecule has 0 amide bonds. The summed E-state index contributed by atoms with van der Waals surface area (Å²) >= 11 is 0. The summed E-state index contributed by atoms with van der Waals surface area (Å²) in [6.07, 6.45) is 72.8. The zero-order valence-corrected chi connectivity index (χ0v) is 41.8. The normalized spacial score (nSPS) is 11.5. The molecule has 1 aromatic rings. The Hall–Kier alpha value is -1.31. The first-order valence-corrected chi connectivity index (χ1v) is 28.6. The Morgan fingerprint density at radius 3 is 0.656 bits per heavy atom. The second-order valence-electron chi connectivity index (χ2n) is 19.9. The van der Waals surface area contributed by atoms with Crippen LogP contribution < -0.4 is 4.74 Å². The van der Waals surface area contributed by atoms with Gasteiger partial charge in [0.25, 0.3) is 0 Å². The van der Waals surface area contributed by atoms with Crippen LogP contribution in [0.3, 0.4) is 0 Å². The van der Waals surface area contributed by atoms with Crippen molar-refractivity contribution in [1.29, 1.82) is 0 Å². The molecule has 0 saturated carbocycles. The first kappa shape index (κ1) is 57.7. The minimum atomic E-state index is -0.0984. The number of para-hydroxylation sites is 1. The molecule has 0 heterocycles. The lowest BCUT2D eigenvalue weighted by Crippen LogP contribution is -2.07. The average Bonchev–Trinajstić information content (AvgIpc) is 3.27. The first-order chi connectivity index (χ1) is 30.3. The largest absolute Gasteiger partial charge is 0.427 e. The third kappa shape index (κ3) is 48.0. The predicted molar refractivity (Wildman–Crippen MR) is 273 cm³/mol.